The SMILES string of the molecule is CC(NC(=O)N(C)CC1CCCO1)c1ccc(N2CCOCC2)cc1. The zero-order chi connectivity index (χ0) is 17.6. The lowest BCUT2D eigenvalue weighted by atomic mass is 10.1. The Hall–Kier alpha value is -1.79. The number of likely N-dealkylation sites (N-methyl/N-ethyl adjacent to an activating group) is 1. The van der Waals surface area contributed by atoms with Crippen LogP contribution in [0, 0.1) is 0 Å². The van der Waals surface area contributed by atoms with E-state index in [0.29, 0.717) is 6.54 Å². The van der Waals surface area contributed by atoms with Crippen LogP contribution in [0.3, 0.4) is 0 Å². The minimum Gasteiger partial charge on any atom is -0.378 e. The molecule has 1 N–H and O–H groups in total. The number of benzene rings is 1. The highest BCUT2D eigenvalue weighted by atomic mass is 16.5. The summed E-state index contributed by atoms with van der Waals surface area (Å²) in [5.74, 6) is 0. The summed E-state index contributed by atoms with van der Waals surface area (Å²) in [5, 5.41) is 3.07. The van der Waals surface area contributed by atoms with E-state index in [4.69, 9.17) is 9.47 Å². The Morgan fingerprint density at radius 3 is 2.64 bits per heavy atom. The van der Waals surface area contributed by atoms with Gasteiger partial charge in [-0.2, -0.15) is 0 Å². The molecule has 0 aliphatic carbocycles. The van der Waals surface area contributed by atoms with Gasteiger partial charge in [0.1, 0.15) is 0 Å². The lowest BCUT2D eigenvalue weighted by molar-refractivity contribution is 0.0871. The molecule has 0 saturated carbocycles. The van der Waals surface area contributed by atoms with Crippen molar-refractivity contribution in [2.24, 2.45) is 0 Å². The summed E-state index contributed by atoms with van der Waals surface area (Å²) in [7, 11) is 1.82. The van der Waals surface area contributed by atoms with E-state index < -0.39 is 0 Å². The lowest BCUT2D eigenvalue weighted by Gasteiger charge is -2.29. The highest BCUT2D eigenvalue weighted by molar-refractivity contribution is 5.74. The smallest absolute Gasteiger partial charge is 0.317 e. The van der Waals surface area contributed by atoms with Crippen molar-refractivity contribution in [2.75, 3.05) is 51.4 Å². The average molecular weight is 347 g/mol. The first-order valence-corrected chi connectivity index (χ1v) is 9.19. The van der Waals surface area contributed by atoms with Crippen molar-refractivity contribution in [3.8, 4) is 0 Å². The largest absolute Gasteiger partial charge is 0.378 e. The number of rotatable bonds is 5. The topological polar surface area (TPSA) is 54.0 Å². The molecule has 2 saturated heterocycles. The zero-order valence-corrected chi connectivity index (χ0v) is 15.2. The molecule has 3 rings (SSSR count). The molecule has 2 amide bonds. The van der Waals surface area contributed by atoms with E-state index in [-0.39, 0.29) is 18.2 Å². The molecule has 25 heavy (non-hydrogen) atoms. The van der Waals surface area contributed by atoms with E-state index in [1.807, 2.05) is 14.0 Å². The third kappa shape index (κ3) is 4.86. The molecular formula is C19H29N3O3. The maximum absolute atomic E-state index is 12.4. The molecule has 1 aromatic rings. The second kappa shape index (κ2) is 8.54. The molecule has 2 atom stereocenters. The summed E-state index contributed by atoms with van der Waals surface area (Å²) in [6, 6.07) is 8.35. The third-order valence-electron chi connectivity index (χ3n) is 4.96. The number of nitrogens with zero attached hydrogens (tertiary/aromatic N) is 2. The van der Waals surface area contributed by atoms with Gasteiger partial charge in [-0.3, -0.25) is 0 Å². The van der Waals surface area contributed by atoms with Crippen molar-refractivity contribution in [3.63, 3.8) is 0 Å². The molecule has 2 heterocycles. The number of carbonyl (C=O) groups excluding carboxylic acids is 1. The van der Waals surface area contributed by atoms with Crippen molar-refractivity contribution in [3.05, 3.63) is 29.8 Å². The molecule has 6 nitrogen and oxygen atoms in total. The summed E-state index contributed by atoms with van der Waals surface area (Å²) in [5.41, 5.74) is 2.32. The fraction of sp³-hybridized carbons (Fsp3) is 0.632. The van der Waals surface area contributed by atoms with Crippen molar-refractivity contribution >= 4 is 11.7 Å². The van der Waals surface area contributed by atoms with Gasteiger partial charge < -0.3 is 24.6 Å². The van der Waals surface area contributed by atoms with Crippen molar-refractivity contribution in [1.29, 1.82) is 0 Å². The van der Waals surface area contributed by atoms with Crippen LogP contribution < -0.4 is 10.2 Å². The van der Waals surface area contributed by atoms with Gasteiger partial charge in [-0.1, -0.05) is 12.1 Å². The second-order valence-electron chi connectivity index (χ2n) is 6.88. The Balaban J connectivity index is 1.51. The molecule has 0 radical (unpaired) electrons. The molecule has 2 aliphatic heterocycles. The Kier molecular flexibility index (Phi) is 6.15. The van der Waals surface area contributed by atoms with Crippen LogP contribution in [0.2, 0.25) is 0 Å². The maximum Gasteiger partial charge on any atom is 0.317 e. The van der Waals surface area contributed by atoms with Gasteiger partial charge in [0, 0.05) is 39.0 Å². The minimum atomic E-state index is -0.0553. The van der Waals surface area contributed by atoms with Crippen LogP contribution in [0.25, 0.3) is 0 Å². The fourth-order valence-corrected chi connectivity index (χ4v) is 3.35. The summed E-state index contributed by atoms with van der Waals surface area (Å²) in [4.78, 5) is 16.4. The molecular weight excluding hydrogens is 318 g/mol. The molecule has 1 aromatic carbocycles. The number of morpholine rings is 1. The van der Waals surface area contributed by atoms with Gasteiger partial charge in [0.2, 0.25) is 0 Å². The van der Waals surface area contributed by atoms with E-state index in [9.17, 15) is 4.79 Å². The number of carbonyl (C=O) groups is 1. The van der Waals surface area contributed by atoms with Crippen LogP contribution in [0.5, 0.6) is 0 Å². The number of anilines is 1. The quantitative estimate of drug-likeness (QED) is 0.889. The normalized spacial score (nSPS) is 21.8. The van der Waals surface area contributed by atoms with Crippen LogP contribution in [-0.2, 0) is 9.47 Å². The number of amides is 2. The van der Waals surface area contributed by atoms with Crippen molar-refractivity contribution < 1.29 is 14.3 Å². The van der Waals surface area contributed by atoms with Crippen LogP contribution in [0.4, 0.5) is 10.5 Å². The summed E-state index contributed by atoms with van der Waals surface area (Å²) < 4.78 is 11.0. The monoisotopic (exact) mass is 347 g/mol. The predicted molar refractivity (Wildman–Crippen MR) is 98.0 cm³/mol. The Labute approximate surface area is 150 Å². The lowest BCUT2D eigenvalue weighted by Crippen LogP contribution is -2.42. The maximum atomic E-state index is 12.4. The highest BCUT2D eigenvalue weighted by Gasteiger charge is 2.21. The number of hydrogen-bond donors (Lipinski definition) is 1. The average Bonchev–Trinajstić information content (AvgIpc) is 3.15. The number of urea groups is 1. The van der Waals surface area contributed by atoms with E-state index >= 15 is 0 Å². The molecule has 0 aromatic heterocycles. The Morgan fingerprint density at radius 2 is 2.00 bits per heavy atom. The first-order valence-electron chi connectivity index (χ1n) is 9.19. The van der Waals surface area contributed by atoms with Gasteiger partial charge in [0.05, 0.1) is 25.4 Å². The number of hydrogen-bond acceptors (Lipinski definition) is 4. The molecule has 138 valence electrons. The predicted octanol–water partition coefficient (Wildman–Crippen LogP) is 2.40. The Morgan fingerprint density at radius 1 is 1.28 bits per heavy atom. The van der Waals surface area contributed by atoms with Crippen molar-refractivity contribution in [2.45, 2.75) is 31.9 Å². The Bertz CT molecular complexity index is 552. The van der Waals surface area contributed by atoms with Gasteiger partial charge in [0.25, 0.3) is 0 Å². The second-order valence-corrected chi connectivity index (χ2v) is 6.88. The number of ether oxygens (including phenoxy) is 2. The van der Waals surface area contributed by atoms with Crippen LogP contribution >= 0.6 is 0 Å². The first-order chi connectivity index (χ1) is 12.1. The van der Waals surface area contributed by atoms with E-state index in [1.54, 1.807) is 4.90 Å². The fourth-order valence-electron chi connectivity index (χ4n) is 3.35. The van der Waals surface area contributed by atoms with Crippen LogP contribution in [0.1, 0.15) is 31.4 Å². The highest BCUT2D eigenvalue weighted by Crippen LogP contribution is 2.20. The molecule has 2 fully saturated rings. The van der Waals surface area contributed by atoms with Crippen molar-refractivity contribution in [1.82, 2.24) is 10.2 Å². The number of nitrogens with one attached hydrogen (secondary N) is 1. The van der Waals surface area contributed by atoms with E-state index in [0.717, 1.165) is 51.3 Å². The van der Waals surface area contributed by atoms with Crippen LogP contribution in [-0.4, -0.2) is 63.5 Å². The zero-order valence-electron chi connectivity index (χ0n) is 15.2. The van der Waals surface area contributed by atoms with Gasteiger partial charge in [-0.05, 0) is 37.5 Å². The molecule has 2 unspecified atom stereocenters. The standard InChI is InChI=1S/C19H29N3O3/c1-15(20-19(23)21(2)14-18-4-3-11-25-18)16-5-7-17(8-6-16)22-9-12-24-13-10-22/h5-8,15,18H,3-4,9-14H2,1-2H3,(H,20,23). The van der Waals surface area contributed by atoms with Gasteiger partial charge in [-0.25, -0.2) is 4.79 Å². The van der Waals surface area contributed by atoms with E-state index in [1.165, 1.54) is 5.69 Å². The molecule has 2 aliphatic rings. The summed E-state index contributed by atoms with van der Waals surface area (Å²) in [6.45, 7) is 6.90. The summed E-state index contributed by atoms with van der Waals surface area (Å²) in [6.07, 6.45) is 2.31. The summed E-state index contributed by atoms with van der Waals surface area (Å²) >= 11 is 0. The van der Waals surface area contributed by atoms with E-state index in [2.05, 4.69) is 34.5 Å². The van der Waals surface area contributed by atoms with Gasteiger partial charge in [-0.15, -0.1) is 0 Å². The van der Waals surface area contributed by atoms with Crippen LogP contribution in [0.15, 0.2) is 24.3 Å². The minimum absolute atomic E-state index is 0.0295. The first kappa shape index (κ1) is 18.0. The molecule has 0 spiro atoms. The molecule has 0 bridgehead atoms. The van der Waals surface area contributed by atoms with Gasteiger partial charge >= 0.3 is 6.03 Å². The van der Waals surface area contributed by atoms with Gasteiger partial charge in [0.15, 0.2) is 0 Å². The molecule has 6 heteroatoms. The third-order valence-corrected chi connectivity index (χ3v) is 4.96.